The van der Waals surface area contributed by atoms with Gasteiger partial charge in [0, 0.05) is 0 Å². The summed E-state index contributed by atoms with van der Waals surface area (Å²) in [5, 5.41) is 24.7. The summed E-state index contributed by atoms with van der Waals surface area (Å²) in [4.78, 5) is 19.9. The van der Waals surface area contributed by atoms with Gasteiger partial charge in [-0.15, -0.1) is 0 Å². The lowest BCUT2D eigenvalue weighted by Crippen LogP contribution is -2.17. The summed E-state index contributed by atoms with van der Waals surface area (Å²) in [6.45, 7) is 1.61. The highest BCUT2D eigenvalue weighted by Crippen LogP contribution is 1.96. The minimum atomic E-state index is -1.18. The summed E-state index contributed by atoms with van der Waals surface area (Å²) in [5.41, 5.74) is 0.331. The highest BCUT2D eigenvalue weighted by Gasteiger charge is 2.07. The van der Waals surface area contributed by atoms with Crippen molar-refractivity contribution in [3.8, 4) is 0 Å². The highest BCUT2D eigenvalue weighted by molar-refractivity contribution is 5.87. The van der Waals surface area contributed by atoms with Gasteiger partial charge >= 0.3 is 11.9 Å². The normalized spacial score (nSPS) is 10.9. The number of rotatable bonds is 3. The van der Waals surface area contributed by atoms with Crippen LogP contribution in [0.3, 0.4) is 0 Å². The molecule has 88 valence electrons. The van der Waals surface area contributed by atoms with Gasteiger partial charge in [0.25, 0.3) is 0 Å². The molecule has 0 aliphatic carbocycles. The van der Waals surface area contributed by atoms with E-state index in [-0.39, 0.29) is 6.42 Å². The monoisotopic (exact) mass is 226 g/mol. The molecule has 0 amide bonds. The van der Waals surface area contributed by atoms with Gasteiger partial charge in [-0.05, 0) is 18.6 Å². The first-order valence-corrected chi connectivity index (χ1v) is 4.68. The fourth-order valence-corrected chi connectivity index (χ4v) is 0.755. The molecule has 0 aromatic heterocycles. The Kier molecular flexibility index (Phi) is 6.55. The summed E-state index contributed by atoms with van der Waals surface area (Å²) < 4.78 is 0. The van der Waals surface area contributed by atoms with Crippen molar-refractivity contribution >= 4 is 11.9 Å². The molecule has 0 aliphatic heterocycles. The van der Waals surface area contributed by atoms with Gasteiger partial charge in [0.05, 0.1) is 5.56 Å². The Hall–Kier alpha value is -1.88. The third-order valence-corrected chi connectivity index (χ3v) is 1.69. The van der Waals surface area contributed by atoms with Crippen molar-refractivity contribution in [3.63, 3.8) is 0 Å². The van der Waals surface area contributed by atoms with Crippen LogP contribution in [0.4, 0.5) is 0 Å². The van der Waals surface area contributed by atoms with E-state index in [1.54, 1.807) is 37.3 Å². The van der Waals surface area contributed by atoms with Crippen molar-refractivity contribution in [2.45, 2.75) is 19.4 Å². The van der Waals surface area contributed by atoms with Gasteiger partial charge in [0.1, 0.15) is 0 Å². The van der Waals surface area contributed by atoms with Gasteiger partial charge in [-0.25, -0.2) is 9.59 Å². The third kappa shape index (κ3) is 5.77. The highest BCUT2D eigenvalue weighted by atomic mass is 16.4. The maximum Gasteiger partial charge on any atom is 0.335 e. The van der Waals surface area contributed by atoms with Crippen molar-refractivity contribution in [2.24, 2.45) is 0 Å². The molecule has 0 heterocycles. The average molecular weight is 226 g/mol. The SMILES string of the molecule is CCC(O)C(=O)O.O=C(O)c1ccccc1. The van der Waals surface area contributed by atoms with Crippen molar-refractivity contribution in [1.82, 2.24) is 0 Å². The molecular weight excluding hydrogens is 212 g/mol. The van der Waals surface area contributed by atoms with Crippen LogP contribution in [0.15, 0.2) is 30.3 Å². The van der Waals surface area contributed by atoms with Crippen molar-refractivity contribution in [2.75, 3.05) is 0 Å². The second-order valence-corrected chi connectivity index (χ2v) is 2.93. The van der Waals surface area contributed by atoms with Crippen LogP contribution in [0, 0.1) is 0 Å². The predicted molar refractivity (Wildman–Crippen MR) is 57.3 cm³/mol. The summed E-state index contributed by atoms with van der Waals surface area (Å²) in [5.74, 6) is -2.03. The molecular formula is C11H14O5. The molecule has 1 unspecified atom stereocenters. The molecule has 0 spiro atoms. The van der Waals surface area contributed by atoms with Crippen molar-refractivity contribution in [1.29, 1.82) is 0 Å². The zero-order valence-corrected chi connectivity index (χ0v) is 8.83. The van der Waals surface area contributed by atoms with Crippen LogP contribution >= 0.6 is 0 Å². The minimum absolute atomic E-state index is 0.273. The molecule has 0 aliphatic rings. The molecule has 0 radical (unpaired) electrons. The largest absolute Gasteiger partial charge is 0.479 e. The first kappa shape index (κ1) is 14.1. The number of aliphatic carboxylic acids is 1. The molecule has 1 atom stereocenters. The number of aromatic carboxylic acids is 1. The van der Waals surface area contributed by atoms with E-state index in [9.17, 15) is 9.59 Å². The van der Waals surface area contributed by atoms with Crippen LogP contribution < -0.4 is 0 Å². The molecule has 3 N–H and O–H groups in total. The quantitative estimate of drug-likeness (QED) is 0.720. The number of benzene rings is 1. The molecule has 0 saturated carbocycles. The van der Waals surface area contributed by atoms with Crippen LogP contribution in [0.25, 0.3) is 0 Å². The average Bonchev–Trinajstić information content (AvgIpc) is 2.29. The lowest BCUT2D eigenvalue weighted by molar-refractivity contribution is -0.146. The van der Waals surface area contributed by atoms with Gasteiger partial charge in [-0.3, -0.25) is 0 Å². The van der Waals surface area contributed by atoms with Gasteiger partial charge in [0.2, 0.25) is 0 Å². The number of hydrogen-bond donors (Lipinski definition) is 3. The topological polar surface area (TPSA) is 94.8 Å². The van der Waals surface area contributed by atoms with Crippen LogP contribution in [-0.4, -0.2) is 33.4 Å². The van der Waals surface area contributed by atoms with E-state index in [4.69, 9.17) is 15.3 Å². The number of carboxylic acids is 2. The number of carbonyl (C=O) groups is 2. The standard InChI is InChI=1S/C7H6O2.C4H8O3/c8-7(9)6-4-2-1-3-5-6;1-2-3(5)4(6)7/h1-5H,(H,8,9);3,5H,2H2,1H3,(H,6,7). The summed E-state index contributed by atoms with van der Waals surface area (Å²) in [6.07, 6.45) is -0.907. The van der Waals surface area contributed by atoms with Crippen LogP contribution in [0.2, 0.25) is 0 Å². The van der Waals surface area contributed by atoms with Crippen molar-refractivity contribution < 1.29 is 24.9 Å². The van der Waals surface area contributed by atoms with E-state index in [1.165, 1.54) is 0 Å². The Labute approximate surface area is 93.0 Å². The molecule has 0 saturated heterocycles. The fraction of sp³-hybridized carbons (Fsp3) is 0.273. The first-order chi connectivity index (χ1) is 7.49. The van der Waals surface area contributed by atoms with E-state index < -0.39 is 18.0 Å². The number of carboxylic acid groups (broad SMARTS) is 2. The molecule has 5 nitrogen and oxygen atoms in total. The Morgan fingerprint density at radius 1 is 1.19 bits per heavy atom. The lowest BCUT2D eigenvalue weighted by atomic mass is 10.2. The smallest absolute Gasteiger partial charge is 0.335 e. The molecule has 16 heavy (non-hydrogen) atoms. The van der Waals surface area contributed by atoms with Gasteiger partial charge in [-0.2, -0.15) is 0 Å². The number of aliphatic hydroxyl groups excluding tert-OH is 1. The van der Waals surface area contributed by atoms with E-state index in [0.29, 0.717) is 5.56 Å². The lowest BCUT2D eigenvalue weighted by Gasteiger charge is -1.95. The van der Waals surface area contributed by atoms with Crippen LogP contribution in [0.1, 0.15) is 23.7 Å². The van der Waals surface area contributed by atoms with E-state index in [1.807, 2.05) is 0 Å². The molecule has 0 bridgehead atoms. The second-order valence-electron chi connectivity index (χ2n) is 2.93. The van der Waals surface area contributed by atoms with Crippen LogP contribution in [-0.2, 0) is 4.79 Å². The zero-order valence-electron chi connectivity index (χ0n) is 8.83. The molecule has 1 rings (SSSR count). The molecule has 0 fully saturated rings. The summed E-state index contributed by atoms with van der Waals surface area (Å²) in [7, 11) is 0. The maximum absolute atomic E-state index is 10.2. The fourth-order valence-electron chi connectivity index (χ4n) is 0.755. The Morgan fingerprint density at radius 3 is 1.88 bits per heavy atom. The Morgan fingerprint density at radius 2 is 1.69 bits per heavy atom. The summed E-state index contributed by atoms with van der Waals surface area (Å²) in [6, 6.07) is 8.30. The van der Waals surface area contributed by atoms with Crippen molar-refractivity contribution in [3.05, 3.63) is 35.9 Å². The second kappa shape index (κ2) is 7.42. The van der Waals surface area contributed by atoms with Gasteiger partial charge in [0.15, 0.2) is 6.10 Å². The van der Waals surface area contributed by atoms with Gasteiger partial charge in [-0.1, -0.05) is 25.1 Å². The van der Waals surface area contributed by atoms with E-state index >= 15 is 0 Å². The zero-order chi connectivity index (χ0) is 12.6. The van der Waals surface area contributed by atoms with Crippen LogP contribution in [0.5, 0.6) is 0 Å². The third-order valence-electron chi connectivity index (χ3n) is 1.69. The molecule has 5 heteroatoms. The number of hydrogen-bond acceptors (Lipinski definition) is 3. The van der Waals surface area contributed by atoms with E-state index in [2.05, 4.69) is 0 Å². The maximum atomic E-state index is 10.2. The Bertz CT molecular complexity index is 333. The predicted octanol–water partition coefficient (Wildman–Crippen LogP) is 1.23. The first-order valence-electron chi connectivity index (χ1n) is 4.68. The molecule has 1 aromatic carbocycles. The van der Waals surface area contributed by atoms with E-state index in [0.717, 1.165) is 0 Å². The number of aliphatic hydroxyl groups is 1. The summed E-state index contributed by atoms with van der Waals surface area (Å²) >= 11 is 0. The molecule has 1 aromatic rings. The minimum Gasteiger partial charge on any atom is -0.479 e. The van der Waals surface area contributed by atoms with Gasteiger partial charge < -0.3 is 15.3 Å². The Balaban J connectivity index is 0.000000293.